The Balaban J connectivity index is 2.47. The number of amides is 2. The molecule has 0 bridgehead atoms. The van der Waals surface area contributed by atoms with Gasteiger partial charge < -0.3 is 10.2 Å². The molecule has 0 heterocycles. The number of nitrogens with one attached hydrogen (secondary N) is 1. The van der Waals surface area contributed by atoms with Crippen molar-refractivity contribution in [1.29, 1.82) is 0 Å². The molecule has 2 rings (SSSR count). The van der Waals surface area contributed by atoms with Gasteiger partial charge in [-0.05, 0) is 51.0 Å². The minimum atomic E-state index is -4.83. The molecule has 2 aromatic carbocycles. The zero-order chi connectivity index (χ0) is 28.1. The van der Waals surface area contributed by atoms with Gasteiger partial charge in [-0.15, -0.1) is 0 Å². The molecule has 0 saturated heterocycles. The van der Waals surface area contributed by atoms with Gasteiger partial charge in [-0.1, -0.05) is 48.4 Å². The second kappa shape index (κ2) is 12.2. The second-order valence-electron chi connectivity index (χ2n) is 8.93. The summed E-state index contributed by atoms with van der Waals surface area (Å²) < 4.78 is 66.0. The lowest BCUT2D eigenvalue weighted by molar-refractivity contribution is -0.139. The Morgan fingerprint density at radius 2 is 1.68 bits per heavy atom. The van der Waals surface area contributed by atoms with Gasteiger partial charge in [-0.25, -0.2) is 8.42 Å². The van der Waals surface area contributed by atoms with E-state index in [1.54, 1.807) is 19.1 Å². The largest absolute Gasteiger partial charge is 0.417 e. The van der Waals surface area contributed by atoms with Gasteiger partial charge in [0.1, 0.15) is 12.6 Å². The maximum Gasteiger partial charge on any atom is 0.417 e. The highest BCUT2D eigenvalue weighted by Crippen LogP contribution is 2.37. The summed E-state index contributed by atoms with van der Waals surface area (Å²) in [6.07, 6.45) is -3.39. The molecule has 7 nitrogen and oxygen atoms in total. The van der Waals surface area contributed by atoms with Crippen molar-refractivity contribution in [2.75, 3.05) is 17.1 Å². The lowest BCUT2D eigenvalue weighted by Gasteiger charge is -2.32. The van der Waals surface area contributed by atoms with Gasteiger partial charge in [0.2, 0.25) is 21.8 Å². The monoisotopic (exact) mass is 561 g/mol. The number of anilines is 1. The first-order chi connectivity index (χ1) is 17.0. The van der Waals surface area contributed by atoms with Crippen LogP contribution < -0.4 is 9.62 Å². The second-order valence-corrected chi connectivity index (χ2v) is 11.2. The van der Waals surface area contributed by atoms with E-state index in [-0.39, 0.29) is 18.3 Å². The fraction of sp³-hybridized carbons (Fsp3) is 0.440. The lowest BCUT2D eigenvalue weighted by atomic mass is 10.1. The van der Waals surface area contributed by atoms with Crippen LogP contribution in [-0.4, -0.2) is 50.0 Å². The van der Waals surface area contributed by atoms with E-state index < -0.39 is 51.2 Å². The number of hydrogen-bond donors (Lipinski definition) is 1. The van der Waals surface area contributed by atoms with Crippen molar-refractivity contribution in [3.63, 3.8) is 0 Å². The number of hydrogen-bond acceptors (Lipinski definition) is 4. The molecule has 0 aliphatic rings. The van der Waals surface area contributed by atoms with E-state index in [9.17, 15) is 31.2 Å². The van der Waals surface area contributed by atoms with Crippen molar-refractivity contribution in [1.82, 2.24) is 10.2 Å². The molecular formula is C25H31ClF3N3O4S. The Hall–Kier alpha value is -2.79. The smallest absolute Gasteiger partial charge is 0.352 e. The van der Waals surface area contributed by atoms with Crippen LogP contribution in [-0.2, 0) is 32.3 Å². The molecular weight excluding hydrogens is 531 g/mol. The molecule has 0 spiro atoms. The average Bonchev–Trinajstić information content (AvgIpc) is 2.80. The van der Waals surface area contributed by atoms with Crippen LogP contribution in [0.4, 0.5) is 18.9 Å². The quantitative estimate of drug-likeness (QED) is 0.453. The van der Waals surface area contributed by atoms with E-state index in [4.69, 9.17) is 11.6 Å². The number of aryl methyl sites for hydroxylation is 1. The number of alkyl halides is 3. The van der Waals surface area contributed by atoms with Gasteiger partial charge in [0.15, 0.2) is 0 Å². The van der Waals surface area contributed by atoms with Crippen molar-refractivity contribution in [3.8, 4) is 0 Å². The third kappa shape index (κ3) is 8.36. The van der Waals surface area contributed by atoms with Gasteiger partial charge in [0, 0.05) is 12.6 Å². The van der Waals surface area contributed by atoms with E-state index in [2.05, 4.69) is 5.32 Å². The lowest BCUT2D eigenvalue weighted by Crippen LogP contribution is -2.52. The van der Waals surface area contributed by atoms with E-state index in [0.717, 1.165) is 24.0 Å². The minimum Gasteiger partial charge on any atom is -0.352 e. The number of carbonyl (C=O) groups excluding carboxylic acids is 2. The fourth-order valence-corrected chi connectivity index (χ4v) is 4.50. The predicted molar refractivity (Wildman–Crippen MR) is 138 cm³/mol. The molecule has 2 atom stereocenters. The first kappa shape index (κ1) is 30.4. The topological polar surface area (TPSA) is 86.8 Å². The highest BCUT2D eigenvalue weighted by molar-refractivity contribution is 7.92. The molecule has 12 heteroatoms. The van der Waals surface area contributed by atoms with Crippen molar-refractivity contribution in [2.45, 2.75) is 58.9 Å². The molecule has 0 radical (unpaired) electrons. The predicted octanol–water partition coefficient (Wildman–Crippen LogP) is 4.77. The van der Waals surface area contributed by atoms with Gasteiger partial charge in [0.05, 0.1) is 22.5 Å². The van der Waals surface area contributed by atoms with Gasteiger partial charge in [-0.2, -0.15) is 13.2 Å². The van der Waals surface area contributed by atoms with E-state index in [1.807, 2.05) is 26.0 Å². The van der Waals surface area contributed by atoms with Crippen LogP contribution in [0.15, 0.2) is 42.5 Å². The third-order valence-corrected chi connectivity index (χ3v) is 7.33. The molecule has 37 heavy (non-hydrogen) atoms. The average molecular weight is 562 g/mol. The van der Waals surface area contributed by atoms with Crippen molar-refractivity contribution in [2.24, 2.45) is 0 Å². The van der Waals surface area contributed by atoms with Gasteiger partial charge in [-0.3, -0.25) is 13.9 Å². The third-order valence-electron chi connectivity index (χ3n) is 5.86. The number of sulfonamides is 1. The molecule has 0 aromatic heterocycles. The fourth-order valence-electron chi connectivity index (χ4n) is 3.44. The van der Waals surface area contributed by atoms with Crippen LogP contribution >= 0.6 is 11.6 Å². The van der Waals surface area contributed by atoms with E-state index >= 15 is 0 Å². The molecule has 0 fully saturated rings. The standard InChI is InChI=1S/C25H31ClF3N3O4S/c1-6-17(3)30-24(34)18(4)31(14-19-9-7-16(2)8-10-19)23(33)15-32(37(5,35)36)20-11-12-22(26)21(13-20)25(27,28)29/h7-13,17-18H,6,14-15H2,1-5H3,(H,30,34)/t17-,18-/m0/s1. The summed E-state index contributed by atoms with van der Waals surface area (Å²) in [5, 5.41) is 2.20. The molecule has 0 aliphatic heterocycles. The SMILES string of the molecule is CC[C@H](C)NC(=O)[C@H](C)N(Cc1ccc(C)cc1)C(=O)CN(c1ccc(Cl)c(C(F)(F)F)c1)S(C)(=O)=O. The summed E-state index contributed by atoms with van der Waals surface area (Å²) in [6.45, 7) is 6.26. The van der Waals surface area contributed by atoms with Crippen LogP contribution in [0.5, 0.6) is 0 Å². The molecule has 1 N–H and O–H groups in total. The van der Waals surface area contributed by atoms with Crippen molar-refractivity contribution < 1.29 is 31.2 Å². The normalized spacial score (nSPS) is 13.5. The Labute approximate surface area is 220 Å². The highest BCUT2D eigenvalue weighted by atomic mass is 35.5. The van der Waals surface area contributed by atoms with E-state index in [0.29, 0.717) is 22.4 Å². The summed E-state index contributed by atoms with van der Waals surface area (Å²) >= 11 is 5.68. The Kier molecular flexibility index (Phi) is 10.0. The summed E-state index contributed by atoms with van der Waals surface area (Å²) in [7, 11) is -4.19. The molecule has 204 valence electrons. The zero-order valence-electron chi connectivity index (χ0n) is 21.3. The van der Waals surface area contributed by atoms with E-state index in [1.165, 1.54) is 11.8 Å². The van der Waals surface area contributed by atoms with Crippen LogP contribution in [0.2, 0.25) is 5.02 Å². The Bertz CT molecular complexity index is 1220. The maximum absolute atomic E-state index is 13.5. The maximum atomic E-state index is 13.5. The van der Waals surface area contributed by atoms with Crippen molar-refractivity contribution >= 4 is 39.1 Å². The summed E-state index contributed by atoms with van der Waals surface area (Å²) in [5.74, 6) is -1.20. The number of rotatable bonds is 10. The van der Waals surface area contributed by atoms with Crippen LogP contribution in [0.3, 0.4) is 0 Å². The summed E-state index contributed by atoms with van der Waals surface area (Å²) in [5.41, 5.74) is 0.0692. The zero-order valence-corrected chi connectivity index (χ0v) is 22.8. The van der Waals surface area contributed by atoms with Crippen LogP contribution in [0.1, 0.15) is 43.9 Å². The Morgan fingerprint density at radius 1 is 1.08 bits per heavy atom. The molecule has 0 aliphatic carbocycles. The number of benzene rings is 2. The first-order valence-electron chi connectivity index (χ1n) is 11.5. The minimum absolute atomic E-state index is 0.0137. The number of carbonyl (C=O) groups is 2. The van der Waals surface area contributed by atoms with Gasteiger partial charge >= 0.3 is 6.18 Å². The van der Waals surface area contributed by atoms with Gasteiger partial charge in [0.25, 0.3) is 0 Å². The first-order valence-corrected chi connectivity index (χ1v) is 13.8. The number of nitrogens with zero attached hydrogens (tertiary/aromatic N) is 2. The van der Waals surface area contributed by atoms with Crippen LogP contribution in [0.25, 0.3) is 0 Å². The Morgan fingerprint density at radius 3 is 2.19 bits per heavy atom. The summed E-state index contributed by atoms with van der Waals surface area (Å²) in [4.78, 5) is 27.6. The summed E-state index contributed by atoms with van der Waals surface area (Å²) in [6, 6.07) is 8.67. The molecule has 2 aromatic rings. The number of halogens is 4. The molecule has 2 amide bonds. The molecule has 0 saturated carbocycles. The highest BCUT2D eigenvalue weighted by Gasteiger charge is 2.35. The molecule has 0 unspecified atom stereocenters. The van der Waals surface area contributed by atoms with Crippen LogP contribution in [0, 0.1) is 6.92 Å². The van der Waals surface area contributed by atoms with Crippen molar-refractivity contribution in [3.05, 3.63) is 64.2 Å².